The van der Waals surface area contributed by atoms with Gasteiger partial charge in [-0.15, -0.1) is 0 Å². The van der Waals surface area contributed by atoms with Gasteiger partial charge in [-0.05, 0) is 24.6 Å². The molecule has 2 aromatic rings. The van der Waals surface area contributed by atoms with Crippen LogP contribution in [0, 0.1) is 0 Å². The molecule has 1 atom stereocenters. The van der Waals surface area contributed by atoms with E-state index < -0.39 is 0 Å². The maximum atomic E-state index is 12.9. The Kier molecular flexibility index (Phi) is 4.78. The number of aromatic nitrogens is 2. The van der Waals surface area contributed by atoms with E-state index in [4.69, 9.17) is 21.3 Å². The number of hydrogen-bond acceptors (Lipinski definition) is 5. The Balaban J connectivity index is 1.52. The Morgan fingerprint density at radius 1 is 1.42 bits per heavy atom. The van der Waals surface area contributed by atoms with Crippen molar-refractivity contribution < 1.29 is 9.53 Å². The van der Waals surface area contributed by atoms with Crippen molar-refractivity contribution in [3.8, 4) is 5.75 Å². The van der Waals surface area contributed by atoms with Crippen molar-refractivity contribution in [1.82, 2.24) is 20.2 Å². The SMILES string of the molecule is COc1ccc(Cl)cc1C(=O)N1CC[C@H](c2ncc3c(n2)CCNC3)C1. The third-order valence-corrected chi connectivity index (χ3v) is 5.29. The van der Waals surface area contributed by atoms with Crippen molar-refractivity contribution in [1.29, 1.82) is 0 Å². The normalized spacial score (nSPS) is 19.3. The maximum Gasteiger partial charge on any atom is 0.257 e. The van der Waals surface area contributed by atoms with E-state index in [0.717, 1.165) is 37.4 Å². The molecule has 0 bridgehead atoms. The molecule has 2 aliphatic heterocycles. The summed E-state index contributed by atoms with van der Waals surface area (Å²) < 4.78 is 5.32. The fourth-order valence-electron chi connectivity index (χ4n) is 3.62. The van der Waals surface area contributed by atoms with Crippen molar-refractivity contribution in [2.45, 2.75) is 25.3 Å². The molecule has 1 amide bonds. The molecule has 1 fully saturated rings. The molecule has 6 nitrogen and oxygen atoms in total. The lowest BCUT2D eigenvalue weighted by atomic mass is 10.1. The number of benzene rings is 1. The van der Waals surface area contributed by atoms with Crippen LogP contribution in [0.25, 0.3) is 0 Å². The standard InChI is InChI=1S/C19H21ClN4O2/c1-26-17-3-2-14(20)8-15(17)19(25)24-7-5-12(11-24)18-22-10-13-9-21-6-4-16(13)23-18/h2-3,8,10,12,21H,4-7,9,11H2,1H3/t12-/m0/s1. The molecule has 1 aromatic carbocycles. The van der Waals surface area contributed by atoms with Gasteiger partial charge in [-0.3, -0.25) is 4.79 Å². The quantitative estimate of drug-likeness (QED) is 0.896. The van der Waals surface area contributed by atoms with Crippen LogP contribution < -0.4 is 10.1 Å². The van der Waals surface area contributed by atoms with E-state index in [0.29, 0.717) is 29.4 Å². The number of fused-ring (bicyclic) bond motifs is 1. The molecular weight excluding hydrogens is 352 g/mol. The van der Waals surface area contributed by atoms with E-state index in [1.165, 1.54) is 5.56 Å². The largest absolute Gasteiger partial charge is 0.496 e. The molecule has 0 spiro atoms. The van der Waals surface area contributed by atoms with Gasteiger partial charge >= 0.3 is 0 Å². The number of nitrogens with one attached hydrogen (secondary N) is 1. The van der Waals surface area contributed by atoms with Crippen LogP contribution in [-0.4, -0.2) is 47.5 Å². The molecular formula is C19H21ClN4O2. The smallest absolute Gasteiger partial charge is 0.257 e. The monoisotopic (exact) mass is 372 g/mol. The summed E-state index contributed by atoms with van der Waals surface area (Å²) >= 11 is 6.07. The lowest BCUT2D eigenvalue weighted by molar-refractivity contribution is 0.0787. The highest BCUT2D eigenvalue weighted by molar-refractivity contribution is 6.31. The van der Waals surface area contributed by atoms with E-state index in [-0.39, 0.29) is 11.8 Å². The molecule has 1 N–H and O–H groups in total. The topological polar surface area (TPSA) is 67.3 Å². The molecule has 2 aliphatic rings. The zero-order valence-electron chi connectivity index (χ0n) is 14.7. The van der Waals surface area contributed by atoms with Crippen LogP contribution in [0.1, 0.15) is 39.8 Å². The molecule has 4 rings (SSSR count). The van der Waals surface area contributed by atoms with Crippen molar-refractivity contribution in [3.05, 3.63) is 52.1 Å². The molecule has 0 aliphatic carbocycles. The second kappa shape index (κ2) is 7.21. The number of carbonyl (C=O) groups is 1. The lowest BCUT2D eigenvalue weighted by Gasteiger charge is -2.19. The van der Waals surface area contributed by atoms with Gasteiger partial charge in [-0.25, -0.2) is 9.97 Å². The highest BCUT2D eigenvalue weighted by Crippen LogP contribution is 2.30. The fourth-order valence-corrected chi connectivity index (χ4v) is 3.79. The van der Waals surface area contributed by atoms with E-state index in [1.54, 1.807) is 25.3 Å². The third-order valence-electron chi connectivity index (χ3n) is 5.06. The molecule has 0 radical (unpaired) electrons. The van der Waals surface area contributed by atoms with Crippen molar-refractivity contribution in [2.24, 2.45) is 0 Å². The average molecular weight is 373 g/mol. The number of halogens is 1. The number of carbonyl (C=O) groups excluding carboxylic acids is 1. The van der Waals surface area contributed by atoms with Crippen molar-refractivity contribution in [2.75, 3.05) is 26.7 Å². The first-order chi connectivity index (χ1) is 12.7. The molecule has 0 unspecified atom stereocenters. The number of rotatable bonds is 3. The summed E-state index contributed by atoms with van der Waals surface area (Å²) in [6.45, 7) is 3.08. The van der Waals surface area contributed by atoms with Gasteiger partial charge in [0.2, 0.25) is 0 Å². The summed E-state index contributed by atoms with van der Waals surface area (Å²) in [4.78, 5) is 24.1. The van der Waals surface area contributed by atoms with Gasteiger partial charge in [0.25, 0.3) is 5.91 Å². The summed E-state index contributed by atoms with van der Waals surface area (Å²) in [6, 6.07) is 5.11. The first kappa shape index (κ1) is 17.2. The summed E-state index contributed by atoms with van der Waals surface area (Å²) in [5.41, 5.74) is 2.81. The van der Waals surface area contributed by atoms with Crippen LogP contribution >= 0.6 is 11.6 Å². The van der Waals surface area contributed by atoms with Gasteiger partial charge in [-0.2, -0.15) is 0 Å². The van der Waals surface area contributed by atoms with Crippen LogP contribution in [-0.2, 0) is 13.0 Å². The molecule has 26 heavy (non-hydrogen) atoms. The van der Waals surface area contributed by atoms with Crippen LogP contribution in [0.15, 0.2) is 24.4 Å². The molecule has 1 aromatic heterocycles. The van der Waals surface area contributed by atoms with Crippen molar-refractivity contribution >= 4 is 17.5 Å². The van der Waals surface area contributed by atoms with Gasteiger partial charge in [0.05, 0.1) is 12.7 Å². The van der Waals surface area contributed by atoms with Crippen molar-refractivity contribution in [3.63, 3.8) is 0 Å². The first-order valence-corrected chi connectivity index (χ1v) is 9.21. The fraction of sp³-hybridized carbons (Fsp3) is 0.421. The van der Waals surface area contributed by atoms with Crippen LogP contribution in [0.5, 0.6) is 5.75 Å². The predicted octanol–water partition coefficient (Wildman–Crippen LogP) is 2.41. The maximum absolute atomic E-state index is 12.9. The molecule has 3 heterocycles. The number of hydrogen-bond donors (Lipinski definition) is 1. The Bertz CT molecular complexity index is 842. The second-order valence-electron chi connectivity index (χ2n) is 6.71. The Morgan fingerprint density at radius 2 is 2.31 bits per heavy atom. The Labute approximate surface area is 157 Å². The number of amides is 1. The molecule has 7 heteroatoms. The minimum Gasteiger partial charge on any atom is -0.496 e. The molecule has 1 saturated heterocycles. The van der Waals surface area contributed by atoms with E-state index in [9.17, 15) is 4.79 Å². The first-order valence-electron chi connectivity index (χ1n) is 8.84. The second-order valence-corrected chi connectivity index (χ2v) is 7.14. The molecule has 136 valence electrons. The highest BCUT2D eigenvalue weighted by Gasteiger charge is 2.31. The van der Waals surface area contributed by atoms with Gasteiger partial charge in [0.1, 0.15) is 11.6 Å². The lowest BCUT2D eigenvalue weighted by Crippen LogP contribution is -2.29. The zero-order chi connectivity index (χ0) is 18.1. The minimum atomic E-state index is -0.0611. The number of nitrogens with zero attached hydrogens (tertiary/aromatic N) is 3. The van der Waals surface area contributed by atoms with E-state index in [1.807, 2.05) is 11.1 Å². The van der Waals surface area contributed by atoms with Gasteiger partial charge in [0.15, 0.2) is 0 Å². The Morgan fingerprint density at radius 3 is 3.15 bits per heavy atom. The number of methoxy groups -OCH3 is 1. The average Bonchev–Trinajstić information content (AvgIpc) is 3.17. The third kappa shape index (κ3) is 3.27. The summed E-state index contributed by atoms with van der Waals surface area (Å²) in [7, 11) is 1.56. The van der Waals surface area contributed by atoms with Crippen LogP contribution in [0.4, 0.5) is 0 Å². The number of likely N-dealkylation sites (tertiary alicyclic amines) is 1. The van der Waals surface area contributed by atoms with Gasteiger partial charge in [-0.1, -0.05) is 11.6 Å². The summed E-state index contributed by atoms with van der Waals surface area (Å²) in [5.74, 6) is 1.50. The predicted molar refractivity (Wildman–Crippen MR) is 98.7 cm³/mol. The minimum absolute atomic E-state index is 0.0611. The number of ether oxygens (including phenoxy) is 1. The summed E-state index contributed by atoms with van der Waals surface area (Å²) in [6.07, 6.45) is 3.72. The Hall–Kier alpha value is -2.18. The molecule has 0 saturated carbocycles. The van der Waals surface area contributed by atoms with Crippen LogP contribution in [0.3, 0.4) is 0 Å². The van der Waals surface area contributed by atoms with Gasteiger partial charge < -0.3 is 15.0 Å². The van der Waals surface area contributed by atoms with Crippen LogP contribution in [0.2, 0.25) is 5.02 Å². The highest BCUT2D eigenvalue weighted by atomic mass is 35.5. The van der Waals surface area contributed by atoms with E-state index in [2.05, 4.69) is 10.3 Å². The van der Waals surface area contributed by atoms with E-state index >= 15 is 0 Å². The zero-order valence-corrected chi connectivity index (χ0v) is 15.4. The van der Waals surface area contributed by atoms with Gasteiger partial charge in [0, 0.05) is 61.0 Å². The summed E-state index contributed by atoms with van der Waals surface area (Å²) in [5, 5.41) is 3.85.